The normalized spacial score (nSPS) is 10.5. The molecule has 0 spiro atoms. The molecule has 0 aliphatic carbocycles. The predicted octanol–water partition coefficient (Wildman–Crippen LogP) is 2.59. The van der Waals surface area contributed by atoms with Crippen LogP contribution >= 0.6 is 22.9 Å². The van der Waals surface area contributed by atoms with E-state index >= 15 is 0 Å². The molecule has 0 saturated heterocycles. The maximum Gasteiger partial charge on any atom is 0.345 e. The third kappa shape index (κ3) is 1.88. The minimum Gasteiger partial charge on any atom is -0.477 e. The number of carboxylic acids is 1. The number of hydrogen-bond donors (Lipinski definition) is 1. The Bertz CT molecular complexity index is 498. The number of halogens is 1. The lowest BCUT2D eigenvalue weighted by Crippen LogP contribution is -1.94. The molecule has 15 heavy (non-hydrogen) atoms. The van der Waals surface area contributed by atoms with E-state index in [1.807, 2.05) is 0 Å². The highest BCUT2D eigenvalue weighted by Crippen LogP contribution is 2.21. The van der Waals surface area contributed by atoms with E-state index in [1.165, 1.54) is 0 Å². The smallest absolute Gasteiger partial charge is 0.345 e. The number of hydrogen-bond acceptors (Lipinski definition) is 3. The van der Waals surface area contributed by atoms with E-state index in [9.17, 15) is 4.79 Å². The lowest BCUT2D eigenvalue weighted by atomic mass is 10.4. The summed E-state index contributed by atoms with van der Waals surface area (Å²) in [5.41, 5.74) is 1.44. The summed E-state index contributed by atoms with van der Waals surface area (Å²) in [5.74, 6) is -0.929. The van der Waals surface area contributed by atoms with E-state index in [0.717, 1.165) is 17.0 Å². The molecule has 2 aromatic heterocycles. The molecule has 78 valence electrons. The van der Waals surface area contributed by atoms with Crippen LogP contribution in [0.2, 0.25) is 5.02 Å². The molecule has 0 atom stereocenters. The van der Waals surface area contributed by atoms with Crippen LogP contribution in [0.3, 0.4) is 0 Å². The van der Waals surface area contributed by atoms with Crippen molar-refractivity contribution in [2.24, 2.45) is 0 Å². The summed E-state index contributed by atoms with van der Waals surface area (Å²) in [6, 6.07) is 1.57. The zero-order valence-electron chi connectivity index (χ0n) is 7.77. The second-order valence-electron chi connectivity index (χ2n) is 2.98. The SMILES string of the molecule is Cc1nn(-c2csc(C(=O)O)c2)cc1Cl. The number of rotatable bonds is 2. The molecule has 1 N–H and O–H groups in total. The molecule has 0 aliphatic heterocycles. The Morgan fingerprint density at radius 1 is 1.67 bits per heavy atom. The van der Waals surface area contributed by atoms with Crippen molar-refractivity contribution in [2.75, 3.05) is 0 Å². The van der Waals surface area contributed by atoms with Crippen LogP contribution in [0.25, 0.3) is 5.69 Å². The minimum absolute atomic E-state index is 0.286. The highest BCUT2D eigenvalue weighted by Gasteiger charge is 2.09. The van der Waals surface area contributed by atoms with Gasteiger partial charge in [0.1, 0.15) is 4.88 Å². The van der Waals surface area contributed by atoms with Gasteiger partial charge in [0.2, 0.25) is 0 Å². The molecule has 2 heterocycles. The number of aromatic carboxylic acids is 1. The Hall–Kier alpha value is -1.33. The Morgan fingerprint density at radius 2 is 2.40 bits per heavy atom. The molecule has 0 saturated carbocycles. The molecule has 0 unspecified atom stereocenters. The van der Waals surface area contributed by atoms with Crippen LogP contribution in [0.5, 0.6) is 0 Å². The highest BCUT2D eigenvalue weighted by molar-refractivity contribution is 7.12. The number of nitrogens with zero attached hydrogens (tertiary/aromatic N) is 2. The molecule has 0 bridgehead atoms. The molecular weight excluding hydrogens is 236 g/mol. The van der Waals surface area contributed by atoms with Gasteiger partial charge in [0.25, 0.3) is 0 Å². The number of carbonyl (C=O) groups is 1. The van der Waals surface area contributed by atoms with Gasteiger partial charge < -0.3 is 5.11 Å². The Balaban J connectivity index is 2.41. The summed E-state index contributed by atoms with van der Waals surface area (Å²) in [5, 5.41) is 15.2. The standard InChI is InChI=1S/C9H7ClN2O2S/c1-5-7(10)3-12(11-5)6-2-8(9(13)14)15-4-6/h2-4H,1H3,(H,13,14). The highest BCUT2D eigenvalue weighted by atomic mass is 35.5. The molecule has 2 aromatic rings. The fraction of sp³-hybridized carbons (Fsp3) is 0.111. The molecule has 0 radical (unpaired) electrons. The second-order valence-corrected chi connectivity index (χ2v) is 4.30. The summed E-state index contributed by atoms with van der Waals surface area (Å²) in [7, 11) is 0. The summed E-state index contributed by atoms with van der Waals surface area (Å²) < 4.78 is 1.57. The Labute approximate surface area is 94.7 Å². The van der Waals surface area contributed by atoms with Crippen molar-refractivity contribution in [3.05, 3.63) is 33.2 Å². The van der Waals surface area contributed by atoms with Crippen molar-refractivity contribution in [3.8, 4) is 5.69 Å². The van der Waals surface area contributed by atoms with Gasteiger partial charge in [0.05, 0.1) is 16.4 Å². The van der Waals surface area contributed by atoms with Gasteiger partial charge in [-0.25, -0.2) is 9.48 Å². The zero-order chi connectivity index (χ0) is 11.0. The lowest BCUT2D eigenvalue weighted by Gasteiger charge is -1.93. The van der Waals surface area contributed by atoms with Crippen LogP contribution in [0.1, 0.15) is 15.4 Å². The number of thiophene rings is 1. The molecular formula is C9H7ClN2O2S. The fourth-order valence-electron chi connectivity index (χ4n) is 1.13. The molecule has 4 nitrogen and oxygen atoms in total. The van der Waals surface area contributed by atoms with Crippen LogP contribution in [0.15, 0.2) is 17.6 Å². The lowest BCUT2D eigenvalue weighted by molar-refractivity contribution is 0.0702. The molecule has 0 aromatic carbocycles. The van der Waals surface area contributed by atoms with Gasteiger partial charge in [0, 0.05) is 11.6 Å². The van der Waals surface area contributed by atoms with Gasteiger partial charge in [-0.2, -0.15) is 5.10 Å². The third-order valence-electron chi connectivity index (χ3n) is 1.90. The zero-order valence-corrected chi connectivity index (χ0v) is 9.34. The van der Waals surface area contributed by atoms with Crippen molar-refractivity contribution >= 4 is 28.9 Å². The van der Waals surface area contributed by atoms with Gasteiger partial charge in [0.15, 0.2) is 0 Å². The maximum atomic E-state index is 10.7. The van der Waals surface area contributed by atoms with Crippen LogP contribution < -0.4 is 0 Å². The number of carboxylic acid groups (broad SMARTS) is 1. The van der Waals surface area contributed by atoms with Crippen LogP contribution in [0, 0.1) is 6.92 Å². The molecule has 0 fully saturated rings. The van der Waals surface area contributed by atoms with Crippen molar-refractivity contribution in [3.63, 3.8) is 0 Å². The predicted molar refractivity (Wildman–Crippen MR) is 58.1 cm³/mol. The van der Waals surface area contributed by atoms with Crippen LogP contribution in [-0.4, -0.2) is 20.9 Å². The van der Waals surface area contributed by atoms with Crippen LogP contribution in [-0.2, 0) is 0 Å². The average molecular weight is 243 g/mol. The first-order chi connectivity index (χ1) is 7.08. The van der Waals surface area contributed by atoms with E-state index in [1.54, 1.807) is 29.2 Å². The van der Waals surface area contributed by atoms with Gasteiger partial charge in [-0.15, -0.1) is 11.3 Å². The maximum absolute atomic E-state index is 10.7. The van der Waals surface area contributed by atoms with Gasteiger partial charge in [-0.1, -0.05) is 11.6 Å². The summed E-state index contributed by atoms with van der Waals surface area (Å²) >= 11 is 7.02. The average Bonchev–Trinajstić information content (AvgIpc) is 2.74. The fourth-order valence-corrected chi connectivity index (χ4v) is 1.97. The largest absolute Gasteiger partial charge is 0.477 e. The van der Waals surface area contributed by atoms with Crippen LogP contribution in [0.4, 0.5) is 0 Å². The van der Waals surface area contributed by atoms with E-state index < -0.39 is 5.97 Å². The molecule has 0 amide bonds. The second kappa shape index (κ2) is 3.67. The third-order valence-corrected chi connectivity index (χ3v) is 3.18. The Morgan fingerprint density at radius 3 is 2.87 bits per heavy atom. The van der Waals surface area contributed by atoms with Gasteiger partial charge >= 0.3 is 5.97 Å². The summed E-state index contributed by atoms with van der Waals surface area (Å²) in [6.45, 7) is 1.79. The molecule has 0 aliphatic rings. The van der Waals surface area contributed by atoms with E-state index in [-0.39, 0.29) is 4.88 Å². The summed E-state index contributed by atoms with van der Waals surface area (Å²) in [6.07, 6.45) is 1.66. The summed E-state index contributed by atoms with van der Waals surface area (Å²) in [4.78, 5) is 11.0. The van der Waals surface area contributed by atoms with Gasteiger partial charge in [-0.3, -0.25) is 0 Å². The molecule has 6 heteroatoms. The minimum atomic E-state index is -0.929. The monoisotopic (exact) mass is 242 g/mol. The topological polar surface area (TPSA) is 55.1 Å². The number of aryl methyl sites for hydroxylation is 1. The first-order valence-corrected chi connectivity index (χ1v) is 5.37. The first kappa shape index (κ1) is 10.2. The van der Waals surface area contributed by atoms with E-state index in [4.69, 9.17) is 16.7 Å². The van der Waals surface area contributed by atoms with E-state index in [2.05, 4.69) is 5.10 Å². The Kier molecular flexibility index (Phi) is 2.50. The van der Waals surface area contributed by atoms with Crippen molar-refractivity contribution in [1.82, 2.24) is 9.78 Å². The van der Waals surface area contributed by atoms with E-state index in [0.29, 0.717) is 10.7 Å². The number of aromatic nitrogens is 2. The first-order valence-electron chi connectivity index (χ1n) is 4.12. The molecule has 2 rings (SSSR count). The van der Waals surface area contributed by atoms with Crippen molar-refractivity contribution in [1.29, 1.82) is 0 Å². The quantitative estimate of drug-likeness (QED) is 0.881. The van der Waals surface area contributed by atoms with Crippen molar-refractivity contribution < 1.29 is 9.90 Å². The van der Waals surface area contributed by atoms with Crippen molar-refractivity contribution in [2.45, 2.75) is 6.92 Å². The van der Waals surface area contributed by atoms with Gasteiger partial charge in [-0.05, 0) is 13.0 Å².